The molecule has 0 radical (unpaired) electrons. The van der Waals surface area contributed by atoms with Crippen molar-refractivity contribution < 1.29 is 14.3 Å². The van der Waals surface area contributed by atoms with Gasteiger partial charge in [-0.3, -0.25) is 9.59 Å². The van der Waals surface area contributed by atoms with Gasteiger partial charge in [-0.1, -0.05) is 18.3 Å². The summed E-state index contributed by atoms with van der Waals surface area (Å²) in [6, 6.07) is 8.56. The van der Waals surface area contributed by atoms with Gasteiger partial charge in [0, 0.05) is 31.1 Å². The van der Waals surface area contributed by atoms with Crippen LogP contribution in [0.25, 0.3) is 0 Å². The third kappa shape index (κ3) is 8.96. The van der Waals surface area contributed by atoms with Gasteiger partial charge in [0.2, 0.25) is 23.6 Å². The van der Waals surface area contributed by atoms with Crippen molar-refractivity contribution in [2.75, 3.05) is 40.1 Å². The van der Waals surface area contributed by atoms with Gasteiger partial charge in [0.15, 0.2) is 0 Å². The van der Waals surface area contributed by atoms with E-state index in [-0.39, 0.29) is 23.8 Å². The van der Waals surface area contributed by atoms with Gasteiger partial charge < -0.3 is 25.2 Å². The summed E-state index contributed by atoms with van der Waals surface area (Å²) < 4.78 is 5.45. The van der Waals surface area contributed by atoms with Crippen LogP contribution in [0.5, 0.6) is 5.88 Å². The van der Waals surface area contributed by atoms with Crippen molar-refractivity contribution in [2.24, 2.45) is 5.92 Å². The predicted octanol–water partition coefficient (Wildman–Crippen LogP) is 3.32. The number of hydrogen-bond donors (Lipinski definition) is 2. The Morgan fingerprint density at radius 2 is 1.95 bits per heavy atom. The second kappa shape index (κ2) is 14.9. The first-order valence-corrected chi connectivity index (χ1v) is 13.6. The molecule has 10 nitrogen and oxygen atoms in total. The van der Waals surface area contributed by atoms with Crippen LogP contribution in [0.4, 0.5) is 11.6 Å². The van der Waals surface area contributed by atoms with Crippen LogP contribution < -0.4 is 15.4 Å². The van der Waals surface area contributed by atoms with E-state index in [2.05, 4.69) is 38.5 Å². The number of likely N-dealkylation sites (N-methyl/N-ethyl adjacent to an activating group) is 1. The van der Waals surface area contributed by atoms with Crippen LogP contribution in [0.1, 0.15) is 56.6 Å². The van der Waals surface area contributed by atoms with E-state index in [1.165, 1.54) is 12.0 Å². The van der Waals surface area contributed by atoms with Crippen LogP contribution >= 0.6 is 0 Å². The summed E-state index contributed by atoms with van der Waals surface area (Å²) in [4.78, 5) is 37.8. The molecule has 1 heterocycles. The lowest BCUT2D eigenvalue weighted by Gasteiger charge is -2.30. The quantitative estimate of drug-likeness (QED) is 0.436. The van der Waals surface area contributed by atoms with Gasteiger partial charge in [-0.2, -0.15) is 10.2 Å². The summed E-state index contributed by atoms with van der Waals surface area (Å²) in [5.74, 6) is 7.17. The molecular weight excluding hydrogens is 506 g/mol. The fourth-order valence-electron chi connectivity index (χ4n) is 4.49. The second-order valence-electron chi connectivity index (χ2n) is 10.4. The van der Waals surface area contributed by atoms with Crippen LogP contribution in [0, 0.1) is 29.1 Å². The number of hydrogen-bond acceptors (Lipinski definition) is 8. The zero-order valence-electron chi connectivity index (χ0n) is 24.0. The monoisotopic (exact) mass is 545 g/mol. The summed E-state index contributed by atoms with van der Waals surface area (Å²) in [6.07, 6.45) is 6.35. The molecule has 212 valence electrons. The lowest BCUT2D eigenvalue weighted by atomic mass is 9.86. The molecule has 1 saturated carbocycles. The highest BCUT2D eigenvalue weighted by Gasteiger charge is 2.27. The fourth-order valence-corrected chi connectivity index (χ4v) is 4.49. The first-order chi connectivity index (χ1) is 19.2. The van der Waals surface area contributed by atoms with Crippen molar-refractivity contribution in [1.29, 1.82) is 5.26 Å². The predicted molar refractivity (Wildman–Crippen MR) is 154 cm³/mol. The lowest BCUT2D eigenvalue weighted by molar-refractivity contribution is -0.138. The zero-order valence-corrected chi connectivity index (χ0v) is 24.0. The number of methoxy groups -OCH3 is 1. The summed E-state index contributed by atoms with van der Waals surface area (Å²) in [5.41, 5.74) is 1.91. The Morgan fingerprint density at radius 3 is 2.62 bits per heavy atom. The van der Waals surface area contributed by atoms with E-state index in [4.69, 9.17) is 10.00 Å². The Bertz CT molecular complexity index is 1260. The maximum atomic E-state index is 12.9. The Labute approximate surface area is 237 Å². The number of carbonyl (C=O) groups is 2. The molecule has 40 heavy (non-hydrogen) atoms. The minimum atomic E-state index is -0.531. The van der Waals surface area contributed by atoms with Gasteiger partial charge in [-0.15, -0.1) is 0 Å². The summed E-state index contributed by atoms with van der Waals surface area (Å²) in [5, 5.41) is 15.2. The van der Waals surface area contributed by atoms with Gasteiger partial charge in [-0.25, -0.2) is 4.98 Å². The molecule has 3 atom stereocenters. The van der Waals surface area contributed by atoms with Crippen molar-refractivity contribution >= 4 is 23.5 Å². The standard InChI is InChI=1S/C30H39N7O3/c1-21(37(4)27(38)10-7-17-36(2)3)28(39)33-26-9-6-8-22(18-26)11-14-24-20-32-30(35-29(24)40-5)34-25-15-12-23(19-31)13-16-25/h12-13,15-16,20-22,26H,6-10,17-18H2,1-5H3,(H,33,39)(H,32,34,35)/t21-,22-,26-/m0/s1. The van der Waals surface area contributed by atoms with Gasteiger partial charge in [0.05, 0.1) is 24.9 Å². The number of nitrogens with zero attached hydrogens (tertiary/aromatic N) is 5. The van der Waals surface area contributed by atoms with Gasteiger partial charge in [0.1, 0.15) is 11.6 Å². The van der Waals surface area contributed by atoms with Crippen molar-refractivity contribution in [3.8, 4) is 23.8 Å². The maximum absolute atomic E-state index is 12.9. The van der Waals surface area contributed by atoms with Crippen molar-refractivity contribution in [3.63, 3.8) is 0 Å². The van der Waals surface area contributed by atoms with E-state index in [0.29, 0.717) is 29.4 Å². The minimum absolute atomic E-state index is 0.0115. The van der Waals surface area contributed by atoms with Crippen LogP contribution in [0.15, 0.2) is 30.5 Å². The second-order valence-corrected chi connectivity index (χ2v) is 10.4. The molecule has 2 amide bonds. The van der Waals surface area contributed by atoms with Crippen LogP contribution in [-0.4, -0.2) is 78.5 Å². The van der Waals surface area contributed by atoms with E-state index in [1.54, 1.807) is 44.4 Å². The third-order valence-electron chi connectivity index (χ3n) is 7.00. The Kier molecular flexibility index (Phi) is 11.3. The van der Waals surface area contributed by atoms with Gasteiger partial charge >= 0.3 is 0 Å². The topological polar surface area (TPSA) is 123 Å². The summed E-state index contributed by atoms with van der Waals surface area (Å²) in [6.45, 7) is 2.60. The Morgan fingerprint density at radius 1 is 1.20 bits per heavy atom. The molecule has 1 aromatic heterocycles. The minimum Gasteiger partial charge on any atom is -0.480 e. The molecule has 1 aliphatic rings. The largest absolute Gasteiger partial charge is 0.480 e. The summed E-state index contributed by atoms with van der Waals surface area (Å²) in [7, 11) is 7.18. The highest BCUT2D eigenvalue weighted by Crippen LogP contribution is 2.25. The molecule has 0 unspecified atom stereocenters. The molecule has 10 heteroatoms. The number of amides is 2. The van der Waals surface area contributed by atoms with Crippen molar-refractivity contribution in [1.82, 2.24) is 25.1 Å². The molecule has 1 aromatic carbocycles. The van der Waals surface area contributed by atoms with Gasteiger partial charge in [-0.05, 0) is 77.5 Å². The Hall–Kier alpha value is -4.15. The number of nitriles is 1. The van der Waals surface area contributed by atoms with Crippen LogP contribution in [-0.2, 0) is 9.59 Å². The molecule has 0 spiro atoms. The first-order valence-electron chi connectivity index (χ1n) is 13.6. The van der Waals surface area contributed by atoms with E-state index in [1.807, 2.05) is 19.0 Å². The number of nitrogens with one attached hydrogen (secondary N) is 2. The molecule has 1 aliphatic carbocycles. The van der Waals surface area contributed by atoms with E-state index >= 15 is 0 Å². The van der Waals surface area contributed by atoms with Crippen molar-refractivity contribution in [3.05, 3.63) is 41.6 Å². The summed E-state index contributed by atoms with van der Waals surface area (Å²) >= 11 is 0. The SMILES string of the molecule is COc1nc(Nc2ccc(C#N)cc2)ncc1C#C[C@@H]1CCC[C@H](NC(=O)[C@H](C)N(C)C(=O)CCCN(C)C)C1. The number of aromatic nitrogens is 2. The molecule has 2 N–H and O–H groups in total. The highest BCUT2D eigenvalue weighted by atomic mass is 16.5. The first kappa shape index (κ1) is 30.4. The molecule has 0 aliphatic heterocycles. The molecule has 1 fully saturated rings. The number of benzene rings is 1. The smallest absolute Gasteiger partial charge is 0.242 e. The van der Waals surface area contributed by atoms with Crippen molar-refractivity contribution in [2.45, 2.75) is 57.5 Å². The van der Waals surface area contributed by atoms with Gasteiger partial charge in [0.25, 0.3) is 0 Å². The molecule has 2 aromatic rings. The highest BCUT2D eigenvalue weighted by molar-refractivity contribution is 5.87. The van der Waals surface area contributed by atoms with Crippen LogP contribution in [0.3, 0.4) is 0 Å². The normalized spacial score (nSPS) is 17.1. The zero-order chi connectivity index (χ0) is 29.1. The average Bonchev–Trinajstić information content (AvgIpc) is 2.95. The number of ether oxygens (including phenoxy) is 1. The number of anilines is 2. The van der Waals surface area contributed by atoms with E-state index in [0.717, 1.165) is 44.3 Å². The third-order valence-corrected chi connectivity index (χ3v) is 7.00. The lowest BCUT2D eigenvalue weighted by Crippen LogP contribution is -2.49. The maximum Gasteiger partial charge on any atom is 0.242 e. The average molecular weight is 546 g/mol. The molecule has 0 saturated heterocycles. The number of rotatable bonds is 10. The molecule has 0 bridgehead atoms. The van der Waals surface area contributed by atoms with E-state index < -0.39 is 6.04 Å². The molecule has 3 rings (SSSR count). The molecular formula is C30H39N7O3. The fraction of sp³-hybridized carbons (Fsp3) is 0.500. The Balaban J connectivity index is 1.56. The van der Waals surface area contributed by atoms with E-state index in [9.17, 15) is 9.59 Å². The number of carbonyl (C=O) groups excluding carboxylic acids is 2. The van der Waals surface area contributed by atoms with Crippen LogP contribution in [0.2, 0.25) is 0 Å².